The lowest BCUT2D eigenvalue weighted by Crippen LogP contribution is -2.56. The van der Waals surface area contributed by atoms with Gasteiger partial charge in [-0.1, -0.05) is 11.6 Å². The van der Waals surface area contributed by atoms with Crippen molar-refractivity contribution in [3.8, 4) is 0 Å². The predicted octanol–water partition coefficient (Wildman–Crippen LogP) is 3.16. The van der Waals surface area contributed by atoms with Gasteiger partial charge in [-0.05, 0) is 31.9 Å². The van der Waals surface area contributed by atoms with Crippen molar-refractivity contribution in [3.63, 3.8) is 0 Å². The standard InChI is InChI=1S/C14H19ClN2O4/c1-4-21-13-7-11(14(13)20-3)16-10-6-9(15)12(17(18)19)5-8(10)2/h5-6,11,13-14,16H,4,7H2,1-3H3. The number of anilines is 1. The minimum absolute atomic E-state index is 0.0293. The van der Waals surface area contributed by atoms with Gasteiger partial charge in [0.1, 0.15) is 11.1 Å². The van der Waals surface area contributed by atoms with Crippen LogP contribution in [0.15, 0.2) is 12.1 Å². The van der Waals surface area contributed by atoms with Crippen LogP contribution in [0, 0.1) is 17.0 Å². The van der Waals surface area contributed by atoms with Crippen LogP contribution >= 0.6 is 11.6 Å². The molecule has 1 aliphatic rings. The first-order valence-electron chi connectivity index (χ1n) is 6.83. The van der Waals surface area contributed by atoms with E-state index in [1.165, 1.54) is 6.07 Å². The molecule has 0 heterocycles. The molecule has 0 aliphatic heterocycles. The van der Waals surface area contributed by atoms with Crippen molar-refractivity contribution < 1.29 is 14.4 Å². The van der Waals surface area contributed by atoms with Crippen molar-refractivity contribution in [3.05, 3.63) is 32.8 Å². The zero-order chi connectivity index (χ0) is 15.6. The van der Waals surface area contributed by atoms with Gasteiger partial charge in [-0.2, -0.15) is 0 Å². The number of nitrogens with zero attached hydrogens (tertiary/aromatic N) is 1. The van der Waals surface area contributed by atoms with Gasteiger partial charge in [-0.3, -0.25) is 10.1 Å². The molecule has 116 valence electrons. The van der Waals surface area contributed by atoms with Crippen LogP contribution in [-0.2, 0) is 9.47 Å². The Balaban J connectivity index is 2.10. The van der Waals surface area contributed by atoms with Crippen molar-refractivity contribution in [2.24, 2.45) is 0 Å². The summed E-state index contributed by atoms with van der Waals surface area (Å²) < 4.78 is 11.0. The van der Waals surface area contributed by atoms with E-state index >= 15 is 0 Å². The van der Waals surface area contributed by atoms with Gasteiger partial charge in [0.2, 0.25) is 0 Å². The lowest BCUT2D eigenvalue weighted by Gasteiger charge is -2.44. The fraction of sp³-hybridized carbons (Fsp3) is 0.571. The van der Waals surface area contributed by atoms with Crippen LogP contribution in [-0.4, -0.2) is 36.9 Å². The van der Waals surface area contributed by atoms with Gasteiger partial charge < -0.3 is 14.8 Å². The van der Waals surface area contributed by atoms with Crippen LogP contribution in [0.3, 0.4) is 0 Å². The molecule has 7 heteroatoms. The Bertz CT molecular complexity index is 538. The SMILES string of the molecule is CCOC1CC(Nc2cc(Cl)c([N+](=O)[O-])cc2C)C1OC. The molecule has 3 unspecified atom stereocenters. The number of hydrogen-bond donors (Lipinski definition) is 1. The van der Waals surface area contributed by atoms with Crippen LogP contribution < -0.4 is 5.32 Å². The van der Waals surface area contributed by atoms with Crippen molar-refractivity contribution in [2.45, 2.75) is 38.5 Å². The Kier molecular flexibility index (Phi) is 5.03. The van der Waals surface area contributed by atoms with Crippen molar-refractivity contribution >= 4 is 23.0 Å². The zero-order valence-corrected chi connectivity index (χ0v) is 13.0. The molecule has 0 amide bonds. The first kappa shape index (κ1) is 16.0. The number of rotatable bonds is 6. The minimum Gasteiger partial charge on any atom is -0.379 e. The molecule has 1 saturated carbocycles. The van der Waals surface area contributed by atoms with Gasteiger partial charge in [-0.15, -0.1) is 0 Å². The minimum atomic E-state index is -0.481. The quantitative estimate of drug-likeness (QED) is 0.645. The fourth-order valence-electron chi connectivity index (χ4n) is 2.58. The Hall–Kier alpha value is -1.37. The highest BCUT2D eigenvalue weighted by Gasteiger charge is 2.42. The summed E-state index contributed by atoms with van der Waals surface area (Å²) in [5, 5.41) is 14.3. The zero-order valence-electron chi connectivity index (χ0n) is 12.3. The van der Waals surface area contributed by atoms with Gasteiger partial charge in [0.05, 0.1) is 17.1 Å². The summed E-state index contributed by atoms with van der Waals surface area (Å²) in [6.07, 6.45) is 0.894. The van der Waals surface area contributed by atoms with Crippen molar-refractivity contribution in [1.29, 1.82) is 0 Å². The number of ether oxygens (including phenoxy) is 2. The van der Waals surface area contributed by atoms with Crippen LogP contribution in [0.5, 0.6) is 0 Å². The molecule has 0 spiro atoms. The Morgan fingerprint density at radius 2 is 2.24 bits per heavy atom. The Morgan fingerprint density at radius 1 is 1.52 bits per heavy atom. The summed E-state index contributed by atoms with van der Waals surface area (Å²) in [6.45, 7) is 4.42. The molecule has 2 rings (SSSR count). The van der Waals surface area contributed by atoms with Crippen molar-refractivity contribution in [1.82, 2.24) is 0 Å². The number of hydrogen-bond acceptors (Lipinski definition) is 5. The smallest absolute Gasteiger partial charge is 0.288 e. The third-order valence-corrected chi connectivity index (χ3v) is 4.04. The number of nitro benzene ring substituents is 1. The molecule has 0 radical (unpaired) electrons. The molecule has 21 heavy (non-hydrogen) atoms. The molecular formula is C14H19ClN2O4. The van der Waals surface area contributed by atoms with E-state index in [1.54, 1.807) is 13.2 Å². The highest BCUT2D eigenvalue weighted by molar-refractivity contribution is 6.33. The highest BCUT2D eigenvalue weighted by atomic mass is 35.5. The number of halogens is 1. The van der Waals surface area contributed by atoms with Gasteiger partial charge in [0.15, 0.2) is 0 Å². The Labute approximate surface area is 128 Å². The van der Waals surface area contributed by atoms with Gasteiger partial charge in [0.25, 0.3) is 5.69 Å². The molecule has 0 aromatic heterocycles. The number of aryl methyl sites for hydroxylation is 1. The highest BCUT2D eigenvalue weighted by Crippen LogP contribution is 2.34. The molecule has 3 atom stereocenters. The molecule has 1 aliphatic carbocycles. The number of nitro groups is 1. The largest absolute Gasteiger partial charge is 0.379 e. The van der Waals surface area contributed by atoms with E-state index in [1.807, 2.05) is 13.8 Å². The second kappa shape index (κ2) is 6.60. The molecule has 1 aromatic rings. The van der Waals surface area contributed by atoms with E-state index in [-0.39, 0.29) is 29.0 Å². The van der Waals surface area contributed by atoms with Gasteiger partial charge in [-0.25, -0.2) is 0 Å². The fourth-order valence-corrected chi connectivity index (χ4v) is 2.81. The predicted molar refractivity (Wildman–Crippen MR) is 81.1 cm³/mol. The molecule has 1 fully saturated rings. The lowest BCUT2D eigenvalue weighted by atomic mass is 9.84. The van der Waals surface area contributed by atoms with E-state index in [0.717, 1.165) is 17.7 Å². The first-order valence-corrected chi connectivity index (χ1v) is 7.21. The maximum Gasteiger partial charge on any atom is 0.288 e. The Morgan fingerprint density at radius 3 is 2.81 bits per heavy atom. The maximum atomic E-state index is 10.9. The summed E-state index contributed by atoms with van der Waals surface area (Å²) >= 11 is 5.95. The average molecular weight is 315 g/mol. The van der Waals surface area contributed by atoms with E-state index in [0.29, 0.717) is 6.61 Å². The molecule has 0 bridgehead atoms. The third kappa shape index (κ3) is 3.28. The lowest BCUT2D eigenvalue weighted by molar-refractivity contribution is -0.384. The molecular weight excluding hydrogens is 296 g/mol. The summed E-state index contributed by atoms with van der Waals surface area (Å²) in [6, 6.07) is 3.18. The first-order chi connectivity index (χ1) is 9.97. The molecule has 0 saturated heterocycles. The average Bonchev–Trinajstić information content (AvgIpc) is 2.40. The van der Waals surface area contributed by atoms with Crippen LogP contribution in [0.4, 0.5) is 11.4 Å². The summed E-state index contributed by atoms with van der Waals surface area (Å²) in [5.74, 6) is 0. The number of benzene rings is 1. The molecule has 1 N–H and O–H groups in total. The monoisotopic (exact) mass is 314 g/mol. The third-order valence-electron chi connectivity index (χ3n) is 3.73. The van der Waals surface area contributed by atoms with E-state index < -0.39 is 4.92 Å². The second-order valence-corrected chi connectivity index (χ2v) is 5.46. The molecule has 1 aromatic carbocycles. The van der Waals surface area contributed by atoms with E-state index in [2.05, 4.69) is 5.32 Å². The van der Waals surface area contributed by atoms with E-state index in [4.69, 9.17) is 21.1 Å². The summed E-state index contributed by atoms with van der Waals surface area (Å²) in [5.41, 5.74) is 1.48. The van der Waals surface area contributed by atoms with Gasteiger partial charge >= 0.3 is 0 Å². The number of methoxy groups -OCH3 is 1. The maximum absolute atomic E-state index is 10.9. The number of nitrogens with one attached hydrogen (secondary N) is 1. The topological polar surface area (TPSA) is 73.6 Å². The summed E-state index contributed by atoms with van der Waals surface area (Å²) in [4.78, 5) is 10.4. The van der Waals surface area contributed by atoms with Crippen LogP contribution in [0.1, 0.15) is 18.9 Å². The van der Waals surface area contributed by atoms with Crippen molar-refractivity contribution in [2.75, 3.05) is 19.0 Å². The van der Waals surface area contributed by atoms with Crippen LogP contribution in [0.25, 0.3) is 0 Å². The van der Waals surface area contributed by atoms with Gasteiger partial charge in [0, 0.05) is 25.5 Å². The van der Waals surface area contributed by atoms with Crippen LogP contribution in [0.2, 0.25) is 5.02 Å². The summed E-state index contributed by atoms with van der Waals surface area (Å²) in [7, 11) is 1.65. The normalized spacial score (nSPS) is 24.5. The van der Waals surface area contributed by atoms with E-state index in [9.17, 15) is 10.1 Å². The molecule has 6 nitrogen and oxygen atoms in total. The second-order valence-electron chi connectivity index (χ2n) is 5.06.